The average Bonchev–Trinajstić information content (AvgIpc) is 3.52. The van der Waals surface area contributed by atoms with E-state index in [1.165, 1.54) is 30.6 Å². The first kappa shape index (κ1) is 35.3. The number of aromatic nitrogens is 3. The van der Waals surface area contributed by atoms with Crippen LogP contribution in [0, 0.1) is 5.41 Å². The molecule has 0 spiro atoms. The van der Waals surface area contributed by atoms with E-state index in [9.17, 15) is 16.8 Å². The van der Waals surface area contributed by atoms with Crippen LogP contribution in [0.3, 0.4) is 0 Å². The average molecular weight is 709 g/mol. The number of rotatable bonds is 9. The predicted molar refractivity (Wildman–Crippen MR) is 174 cm³/mol. The van der Waals surface area contributed by atoms with Gasteiger partial charge in [0.1, 0.15) is 34.3 Å². The van der Waals surface area contributed by atoms with Crippen molar-refractivity contribution in [2.75, 3.05) is 0 Å². The molecule has 2 N–H and O–H groups in total. The second kappa shape index (κ2) is 14.5. The Kier molecular flexibility index (Phi) is 11.1. The number of benzene rings is 4. The highest BCUT2D eigenvalue weighted by Gasteiger charge is 2.37. The SMILES string of the molecule is CC(C)(C)C(OCc1ccc(Cl)cc1)C(Oc1ccc(Cl)cc1)n1cncn1.O=S(=O)(O)c1cccc2c(S(=O)(=O)O)cccc12. The van der Waals surface area contributed by atoms with Crippen LogP contribution in [0.5, 0.6) is 5.75 Å². The first-order valence-electron chi connectivity index (χ1n) is 13.6. The molecule has 4 aromatic carbocycles. The number of ether oxygens (including phenoxy) is 2. The highest BCUT2D eigenvalue weighted by molar-refractivity contribution is 7.86. The third-order valence-electron chi connectivity index (χ3n) is 6.62. The summed E-state index contributed by atoms with van der Waals surface area (Å²) < 4.78 is 77.0. The van der Waals surface area contributed by atoms with Gasteiger partial charge in [0.2, 0.25) is 6.23 Å². The molecule has 46 heavy (non-hydrogen) atoms. The van der Waals surface area contributed by atoms with Crippen LogP contribution in [0.4, 0.5) is 0 Å². The summed E-state index contributed by atoms with van der Waals surface area (Å²) in [6, 6.07) is 22.4. The van der Waals surface area contributed by atoms with Gasteiger partial charge in [-0.3, -0.25) is 9.11 Å². The lowest BCUT2D eigenvalue weighted by molar-refractivity contribution is -0.121. The molecule has 0 bridgehead atoms. The topological polar surface area (TPSA) is 158 Å². The Labute approximate surface area is 277 Å². The van der Waals surface area contributed by atoms with Crippen LogP contribution in [0.15, 0.2) is 107 Å². The first-order valence-corrected chi connectivity index (χ1v) is 17.3. The van der Waals surface area contributed by atoms with Gasteiger partial charge in [-0.25, -0.2) is 9.67 Å². The second-order valence-electron chi connectivity index (χ2n) is 11.1. The minimum atomic E-state index is -4.47. The highest BCUT2D eigenvalue weighted by Crippen LogP contribution is 2.34. The fourth-order valence-electron chi connectivity index (χ4n) is 4.48. The van der Waals surface area contributed by atoms with E-state index in [1.54, 1.807) is 23.1 Å². The standard InChI is InChI=1S/C21H23Cl2N3O2.C10H8O6S2/c1-21(2,3)19(27-12-15-4-6-16(22)7-5-15)20(26-14-24-13-25-26)28-18-10-8-17(23)9-11-18;11-17(12,13)9-5-1-3-7-8(9)4-2-6-10(7)18(14,15)16/h4-11,13-14,19-20H,12H2,1-3H3;1-6H,(H,11,12,13)(H,14,15,16). The number of hydrogen-bond donors (Lipinski definition) is 2. The van der Waals surface area contributed by atoms with Crippen molar-refractivity contribution < 1.29 is 35.4 Å². The fraction of sp³-hybridized carbons (Fsp3) is 0.226. The maximum atomic E-state index is 11.2. The normalized spacial score (nSPS) is 13.5. The molecule has 11 nitrogen and oxygen atoms in total. The zero-order valence-electron chi connectivity index (χ0n) is 24.9. The molecule has 2 atom stereocenters. The summed E-state index contributed by atoms with van der Waals surface area (Å²) in [7, 11) is -8.94. The van der Waals surface area contributed by atoms with Crippen LogP contribution < -0.4 is 4.74 Å². The fourth-order valence-corrected chi connectivity index (χ4v) is 6.15. The molecule has 2 unspecified atom stereocenters. The van der Waals surface area contributed by atoms with Crippen LogP contribution in [-0.4, -0.2) is 46.8 Å². The van der Waals surface area contributed by atoms with Gasteiger partial charge in [0.15, 0.2) is 0 Å². The molecule has 1 heterocycles. The number of halogens is 2. The summed E-state index contributed by atoms with van der Waals surface area (Å²) in [6.07, 6.45) is 2.30. The van der Waals surface area contributed by atoms with Gasteiger partial charge in [-0.1, -0.05) is 80.4 Å². The zero-order valence-corrected chi connectivity index (χ0v) is 28.0. The van der Waals surface area contributed by atoms with E-state index in [0.29, 0.717) is 22.4 Å². The Morgan fingerprint density at radius 2 is 1.28 bits per heavy atom. The summed E-state index contributed by atoms with van der Waals surface area (Å²) in [5, 5.41) is 5.68. The lowest BCUT2D eigenvalue weighted by atomic mass is 9.87. The minimum Gasteiger partial charge on any atom is -0.466 e. The van der Waals surface area contributed by atoms with Gasteiger partial charge in [0.25, 0.3) is 20.2 Å². The van der Waals surface area contributed by atoms with Crippen molar-refractivity contribution >= 4 is 54.2 Å². The van der Waals surface area contributed by atoms with Crippen molar-refractivity contribution in [3.63, 3.8) is 0 Å². The molecular formula is C31H31Cl2N3O8S2. The third kappa shape index (κ3) is 9.26. The number of nitrogens with zero attached hydrogens (tertiary/aromatic N) is 3. The van der Waals surface area contributed by atoms with Gasteiger partial charge >= 0.3 is 0 Å². The van der Waals surface area contributed by atoms with Crippen LogP contribution >= 0.6 is 23.2 Å². The Bertz CT molecular complexity index is 1910. The Morgan fingerprint density at radius 3 is 1.72 bits per heavy atom. The Balaban J connectivity index is 0.000000230. The van der Waals surface area contributed by atoms with Gasteiger partial charge in [0, 0.05) is 20.8 Å². The molecule has 5 rings (SSSR count). The van der Waals surface area contributed by atoms with Gasteiger partial charge in [-0.15, -0.1) is 0 Å². The van der Waals surface area contributed by atoms with Crippen molar-refractivity contribution in [3.8, 4) is 5.75 Å². The zero-order chi connectivity index (χ0) is 33.7. The third-order valence-corrected chi connectivity index (χ3v) is 8.95. The van der Waals surface area contributed by atoms with E-state index in [4.69, 9.17) is 41.8 Å². The monoisotopic (exact) mass is 707 g/mol. The van der Waals surface area contributed by atoms with Gasteiger partial charge in [-0.05, 0) is 59.5 Å². The van der Waals surface area contributed by atoms with E-state index in [0.717, 1.165) is 17.7 Å². The molecule has 15 heteroatoms. The summed E-state index contributed by atoms with van der Waals surface area (Å²) in [6.45, 7) is 6.74. The number of fused-ring (bicyclic) bond motifs is 1. The predicted octanol–water partition coefficient (Wildman–Crippen LogP) is 7.13. The molecule has 0 fully saturated rings. The number of hydrogen-bond acceptors (Lipinski definition) is 8. The van der Waals surface area contributed by atoms with E-state index in [2.05, 4.69) is 30.9 Å². The second-order valence-corrected chi connectivity index (χ2v) is 14.8. The van der Waals surface area contributed by atoms with Crippen LogP contribution in [0.1, 0.15) is 32.6 Å². The van der Waals surface area contributed by atoms with Gasteiger partial charge in [-0.2, -0.15) is 21.9 Å². The Hall–Kier alpha value is -3.56. The lowest BCUT2D eigenvalue weighted by Gasteiger charge is -2.36. The molecule has 0 amide bonds. The maximum Gasteiger partial charge on any atom is 0.295 e. The minimum absolute atomic E-state index is 0.0233. The molecule has 0 radical (unpaired) electrons. The molecule has 1 aromatic heterocycles. The first-order chi connectivity index (χ1) is 21.5. The van der Waals surface area contributed by atoms with E-state index >= 15 is 0 Å². The lowest BCUT2D eigenvalue weighted by Crippen LogP contribution is -2.41. The van der Waals surface area contributed by atoms with Gasteiger partial charge < -0.3 is 9.47 Å². The summed E-state index contributed by atoms with van der Waals surface area (Å²) in [4.78, 5) is 3.25. The van der Waals surface area contributed by atoms with Crippen molar-refractivity contribution in [1.29, 1.82) is 0 Å². The van der Waals surface area contributed by atoms with Crippen LogP contribution in [0.25, 0.3) is 10.8 Å². The summed E-state index contributed by atoms with van der Waals surface area (Å²) >= 11 is 12.0. The van der Waals surface area contributed by atoms with E-state index < -0.39 is 36.3 Å². The molecule has 0 aliphatic heterocycles. The molecule has 0 saturated heterocycles. The Morgan fingerprint density at radius 1 is 0.783 bits per heavy atom. The van der Waals surface area contributed by atoms with Crippen molar-refractivity contribution in [3.05, 3.63) is 113 Å². The molecule has 0 aliphatic rings. The van der Waals surface area contributed by atoms with E-state index in [1.807, 2.05) is 36.4 Å². The maximum absolute atomic E-state index is 11.2. The highest BCUT2D eigenvalue weighted by atomic mass is 35.5. The molecule has 5 aromatic rings. The molecule has 0 aliphatic carbocycles. The molecule has 244 valence electrons. The van der Waals surface area contributed by atoms with Crippen LogP contribution in [0.2, 0.25) is 10.0 Å². The summed E-state index contributed by atoms with van der Waals surface area (Å²) in [5.41, 5.74) is 0.803. The van der Waals surface area contributed by atoms with E-state index in [-0.39, 0.29) is 22.3 Å². The largest absolute Gasteiger partial charge is 0.466 e. The van der Waals surface area contributed by atoms with Crippen molar-refractivity contribution in [2.45, 2.75) is 49.5 Å². The van der Waals surface area contributed by atoms with Crippen molar-refractivity contribution in [1.82, 2.24) is 14.8 Å². The molecule has 0 saturated carbocycles. The summed E-state index contributed by atoms with van der Waals surface area (Å²) in [5.74, 6) is 0.675. The van der Waals surface area contributed by atoms with Gasteiger partial charge in [0.05, 0.1) is 6.61 Å². The smallest absolute Gasteiger partial charge is 0.295 e. The molecular weight excluding hydrogens is 677 g/mol. The van der Waals surface area contributed by atoms with Crippen molar-refractivity contribution in [2.24, 2.45) is 5.41 Å². The quantitative estimate of drug-likeness (QED) is 0.151. The van der Waals surface area contributed by atoms with Crippen LogP contribution in [-0.2, 0) is 31.6 Å².